The number of rotatable bonds is 5. The van der Waals surface area contributed by atoms with Crippen molar-refractivity contribution in [3.63, 3.8) is 0 Å². The molecule has 51 heavy (non-hydrogen) atoms. The Bertz CT molecular complexity index is 2820. The number of hydrogen-bond donors (Lipinski definition) is 0. The third-order valence-electron chi connectivity index (χ3n) is 9.57. The molecular weight excluding hydrogens is 641 g/mol. The van der Waals surface area contributed by atoms with Crippen molar-refractivity contribution in [1.82, 2.24) is 19.9 Å². The van der Waals surface area contributed by atoms with Gasteiger partial charge in [-0.3, -0.25) is 9.97 Å². The van der Waals surface area contributed by atoms with Crippen molar-refractivity contribution in [3.8, 4) is 56.2 Å². The molecule has 5 heteroatoms. The molecule has 4 nitrogen and oxygen atoms in total. The van der Waals surface area contributed by atoms with Crippen LogP contribution in [0, 0.1) is 0 Å². The number of pyridine rings is 2. The molecule has 0 aliphatic heterocycles. The highest BCUT2D eigenvalue weighted by molar-refractivity contribution is 7.25. The highest BCUT2D eigenvalue weighted by Gasteiger charge is 2.16. The number of nitrogens with zero attached hydrogens (tertiary/aromatic N) is 4. The van der Waals surface area contributed by atoms with Crippen LogP contribution in [0.15, 0.2) is 170 Å². The van der Waals surface area contributed by atoms with Gasteiger partial charge in [0.25, 0.3) is 0 Å². The average Bonchev–Trinajstić information content (AvgIpc) is 3.58. The molecule has 0 amide bonds. The van der Waals surface area contributed by atoms with E-state index in [9.17, 15) is 0 Å². The zero-order valence-electron chi connectivity index (χ0n) is 27.4. The minimum atomic E-state index is 0.690. The summed E-state index contributed by atoms with van der Waals surface area (Å²) in [5.41, 5.74) is 11.1. The summed E-state index contributed by atoms with van der Waals surface area (Å²) in [7, 11) is 0. The predicted molar refractivity (Wildman–Crippen MR) is 213 cm³/mol. The van der Waals surface area contributed by atoms with E-state index in [1.165, 1.54) is 20.2 Å². The first-order chi connectivity index (χ1) is 25.2. The summed E-state index contributed by atoms with van der Waals surface area (Å²) in [6, 6.07) is 55.4. The molecule has 0 fully saturated rings. The lowest BCUT2D eigenvalue weighted by molar-refractivity contribution is 1.18. The molecular formula is C46H28N4S. The van der Waals surface area contributed by atoms with Gasteiger partial charge in [-0.2, -0.15) is 0 Å². The lowest BCUT2D eigenvalue weighted by atomic mass is 9.91. The molecule has 0 aliphatic carbocycles. The van der Waals surface area contributed by atoms with Crippen molar-refractivity contribution in [1.29, 1.82) is 0 Å². The first-order valence-corrected chi connectivity index (χ1v) is 17.8. The number of hydrogen-bond acceptors (Lipinski definition) is 5. The molecule has 6 aromatic carbocycles. The van der Waals surface area contributed by atoms with Gasteiger partial charge < -0.3 is 0 Å². The maximum Gasteiger partial charge on any atom is 0.160 e. The van der Waals surface area contributed by atoms with Gasteiger partial charge >= 0.3 is 0 Å². The minimum absolute atomic E-state index is 0.690. The van der Waals surface area contributed by atoms with E-state index < -0.39 is 0 Å². The summed E-state index contributed by atoms with van der Waals surface area (Å²) in [6.45, 7) is 0. The Morgan fingerprint density at radius 1 is 0.353 bits per heavy atom. The maximum atomic E-state index is 5.26. The van der Waals surface area contributed by atoms with Gasteiger partial charge in [0.1, 0.15) is 0 Å². The smallest absolute Gasteiger partial charge is 0.160 e. The molecule has 10 aromatic rings. The van der Waals surface area contributed by atoms with E-state index in [1.54, 1.807) is 0 Å². The monoisotopic (exact) mass is 668 g/mol. The first-order valence-electron chi connectivity index (χ1n) is 17.0. The molecule has 4 heterocycles. The normalized spacial score (nSPS) is 11.5. The van der Waals surface area contributed by atoms with Crippen molar-refractivity contribution in [2.24, 2.45) is 0 Å². The summed E-state index contributed by atoms with van der Waals surface area (Å²) in [4.78, 5) is 19.8. The van der Waals surface area contributed by atoms with Crippen LogP contribution < -0.4 is 0 Å². The van der Waals surface area contributed by atoms with Crippen molar-refractivity contribution in [3.05, 3.63) is 170 Å². The molecule has 0 atom stereocenters. The Morgan fingerprint density at radius 2 is 0.941 bits per heavy atom. The first kappa shape index (κ1) is 29.4. The predicted octanol–water partition coefficient (Wildman–Crippen LogP) is 12.3. The fourth-order valence-electron chi connectivity index (χ4n) is 7.14. The molecule has 0 saturated carbocycles. The Balaban J connectivity index is 1.23. The molecule has 0 radical (unpaired) electrons. The third kappa shape index (κ3) is 5.23. The van der Waals surface area contributed by atoms with Crippen molar-refractivity contribution >= 4 is 53.3 Å². The van der Waals surface area contributed by atoms with Gasteiger partial charge in [0.05, 0.1) is 22.4 Å². The quantitative estimate of drug-likeness (QED) is 0.183. The standard InChI is InChI=1S/C46H28N4S/c1-2-10-29(11-3-1)46-49-42(30-20-21-39-38-12-4-5-19-44(38)51-45(39)27-30)28-43(50-46)33-25-31(34-13-6-17-40-36(34)15-8-22-47-40)24-32(26-33)35-14-7-18-41-37(35)16-9-23-48-41/h1-28H. The van der Waals surface area contributed by atoms with E-state index in [4.69, 9.17) is 9.97 Å². The Morgan fingerprint density at radius 3 is 1.65 bits per heavy atom. The topological polar surface area (TPSA) is 51.6 Å². The molecule has 0 aliphatic rings. The second-order valence-corrected chi connectivity index (χ2v) is 13.8. The van der Waals surface area contributed by atoms with Crippen LogP contribution in [0.5, 0.6) is 0 Å². The zero-order valence-corrected chi connectivity index (χ0v) is 28.2. The van der Waals surface area contributed by atoms with Gasteiger partial charge in [-0.05, 0) is 82.9 Å². The molecule has 0 unspecified atom stereocenters. The van der Waals surface area contributed by atoms with Gasteiger partial charge in [0.2, 0.25) is 0 Å². The SMILES string of the molecule is c1ccc(-c2nc(-c3cc(-c4cccc5ncccc45)cc(-c4cccc5ncccc45)c3)cc(-c3ccc4c(c3)sc3ccccc34)n2)cc1. The maximum absolute atomic E-state index is 5.26. The van der Waals surface area contributed by atoms with Crippen LogP contribution in [0.1, 0.15) is 0 Å². The van der Waals surface area contributed by atoms with Gasteiger partial charge in [-0.15, -0.1) is 11.3 Å². The van der Waals surface area contributed by atoms with Crippen LogP contribution in [0.4, 0.5) is 0 Å². The van der Waals surface area contributed by atoms with Crippen LogP contribution >= 0.6 is 11.3 Å². The van der Waals surface area contributed by atoms with Crippen LogP contribution in [0.25, 0.3) is 98.1 Å². The van der Waals surface area contributed by atoms with Crippen LogP contribution in [0.2, 0.25) is 0 Å². The van der Waals surface area contributed by atoms with Crippen LogP contribution in [-0.2, 0) is 0 Å². The summed E-state index contributed by atoms with van der Waals surface area (Å²) in [5.74, 6) is 0.690. The molecule has 0 spiro atoms. The van der Waals surface area contributed by atoms with Gasteiger partial charge in [-0.25, -0.2) is 9.97 Å². The van der Waals surface area contributed by atoms with E-state index in [2.05, 4.69) is 137 Å². The summed E-state index contributed by atoms with van der Waals surface area (Å²) < 4.78 is 2.53. The molecule has 0 bridgehead atoms. The highest BCUT2D eigenvalue weighted by atomic mass is 32.1. The van der Waals surface area contributed by atoms with Crippen LogP contribution in [-0.4, -0.2) is 19.9 Å². The minimum Gasteiger partial charge on any atom is -0.256 e. The third-order valence-corrected chi connectivity index (χ3v) is 10.7. The number of thiophene rings is 1. The highest BCUT2D eigenvalue weighted by Crippen LogP contribution is 2.40. The second kappa shape index (κ2) is 12.1. The van der Waals surface area contributed by atoms with Gasteiger partial charge in [0.15, 0.2) is 5.82 Å². The summed E-state index contributed by atoms with van der Waals surface area (Å²) >= 11 is 1.82. The zero-order chi connectivity index (χ0) is 33.7. The van der Waals surface area contributed by atoms with Gasteiger partial charge in [-0.1, -0.05) is 97.1 Å². The summed E-state index contributed by atoms with van der Waals surface area (Å²) in [5, 5.41) is 4.76. The fraction of sp³-hybridized carbons (Fsp3) is 0. The van der Waals surface area contributed by atoms with Crippen molar-refractivity contribution in [2.45, 2.75) is 0 Å². The summed E-state index contributed by atoms with van der Waals surface area (Å²) in [6.07, 6.45) is 3.70. The molecule has 4 aromatic heterocycles. The molecule has 238 valence electrons. The van der Waals surface area contributed by atoms with E-state index in [0.29, 0.717) is 5.82 Å². The second-order valence-electron chi connectivity index (χ2n) is 12.7. The Hall–Kier alpha value is -6.56. The van der Waals surface area contributed by atoms with E-state index >= 15 is 0 Å². The van der Waals surface area contributed by atoms with Crippen LogP contribution in [0.3, 0.4) is 0 Å². The molecule has 0 saturated heterocycles. The fourth-order valence-corrected chi connectivity index (χ4v) is 8.29. The van der Waals surface area contributed by atoms with Gasteiger partial charge in [0, 0.05) is 60.0 Å². The molecule has 10 rings (SSSR count). The number of aromatic nitrogens is 4. The van der Waals surface area contributed by atoms with E-state index in [0.717, 1.165) is 72.1 Å². The van der Waals surface area contributed by atoms with Crippen molar-refractivity contribution < 1.29 is 0 Å². The largest absolute Gasteiger partial charge is 0.256 e. The number of benzene rings is 6. The van der Waals surface area contributed by atoms with E-state index in [-0.39, 0.29) is 0 Å². The Labute approximate surface area is 298 Å². The average molecular weight is 669 g/mol. The molecule has 0 N–H and O–H groups in total. The lowest BCUT2D eigenvalue weighted by Gasteiger charge is -2.15. The lowest BCUT2D eigenvalue weighted by Crippen LogP contribution is -1.97. The van der Waals surface area contributed by atoms with Crippen molar-refractivity contribution in [2.75, 3.05) is 0 Å². The van der Waals surface area contributed by atoms with E-state index in [1.807, 2.05) is 54.1 Å². The Kier molecular flexibility index (Phi) is 6.96. The number of fused-ring (bicyclic) bond motifs is 5.